The van der Waals surface area contributed by atoms with E-state index < -0.39 is 6.10 Å². The first kappa shape index (κ1) is 12.3. The minimum atomic E-state index is -0.496. The van der Waals surface area contributed by atoms with Gasteiger partial charge in [-0.05, 0) is 25.5 Å². The lowest BCUT2D eigenvalue weighted by Crippen LogP contribution is -2.21. The van der Waals surface area contributed by atoms with Gasteiger partial charge in [-0.2, -0.15) is 0 Å². The highest BCUT2D eigenvalue weighted by atomic mass is 16.5. The van der Waals surface area contributed by atoms with Gasteiger partial charge in [0, 0.05) is 26.1 Å². The molecule has 1 aromatic rings. The maximum Gasteiger partial charge on any atom is 0.0931 e. The zero-order valence-corrected chi connectivity index (χ0v) is 10.5. The van der Waals surface area contributed by atoms with Gasteiger partial charge in [0.05, 0.1) is 30.3 Å². The number of rotatable bonds is 4. The van der Waals surface area contributed by atoms with Crippen molar-refractivity contribution in [3.05, 3.63) is 24.0 Å². The predicted octanol–water partition coefficient (Wildman–Crippen LogP) is 1.61. The molecule has 1 aliphatic rings. The van der Waals surface area contributed by atoms with Crippen LogP contribution in [0, 0.1) is 5.92 Å². The predicted molar refractivity (Wildman–Crippen MR) is 67.1 cm³/mol. The van der Waals surface area contributed by atoms with Gasteiger partial charge >= 0.3 is 0 Å². The van der Waals surface area contributed by atoms with Crippen molar-refractivity contribution in [2.75, 3.05) is 31.7 Å². The Morgan fingerprint density at radius 3 is 3.00 bits per heavy atom. The number of ether oxygens (including phenoxy) is 1. The van der Waals surface area contributed by atoms with Gasteiger partial charge in [0.25, 0.3) is 0 Å². The van der Waals surface area contributed by atoms with Crippen molar-refractivity contribution in [1.29, 1.82) is 0 Å². The zero-order chi connectivity index (χ0) is 12.3. The maximum atomic E-state index is 9.40. The lowest BCUT2D eigenvalue weighted by atomic mass is 10.1. The molecule has 94 valence electrons. The number of hydrogen-bond acceptors (Lipinski definition) is 4. The van der Waals surface area contributed by atoms with Crippen LogP contribution in [0.4, 0.5) is 5.69 Å². The standard InChI is InChI=1S/C13H20N2O2/c1-10(16)13-4-3-12(7-14-13)15-6-5-11(8-15)9-17-2/h3-4,7,10-11,16H,5-6,8-9H2,1-2H3. The van der Waals surface area contributed by atoms with Crippen molar-refractivity contribution in [3.8, 4) is 0 Å². The van der Waals surface area contributed by atoms with Crippen molar-refractivity contribution in [2.24, 2.45) is 5.92 Å². The van der Waals surface area contributed by atoms with Crippen molar-refractivity contribution < 1.29 is 9.84 Å². The first-order valence-corrected chi connectivity index (χ1v) is 6.08. The molecule has 4 heteroatoms. The second-order valence-electron chi connectivity index (χ2n) is 4.67. The molecule has 4 nitrogen and oxygen atoms in total. The van der Waals surface area contributed by atoms with E-state index in [0.29, 0.717) is 5.92 Å². The largest absolute Gasteiger partial charge is 0.387 e. The lowest BCUT2D eigenvalue weighted by Gasteiger charge is -2.18. The summed E-state index contributed by atoms with van der Waals surface area (Å²) >= 11 is 0. The van der Waals surface area contributed by atoms with Crippen LogP contribution in [-0.2, 0) is 4.74 Å². The molecule has 1 aliphatic heterocycles. The molecule has 2 atom stereocenters. The molecule has 1 fully saturated rings. The van der Waals surface area contributed by atoms with E-state index in [1.165, 1.54) is 6.42 Å². The molecule has 0 aliphatic carbocycles. The van der Waals surface area contributed by atoms with Crippen LogP contribution in [0.5, 0.6) is 0 Å². The van der Waals surface area contributed by atoms with Crippen LogP contribution in [0.3, 0.4) is 0 Å². The highest BCUT2D eigenvalue weighted by Gasteiger charge is 2.22. The lowest BCUT2D eigenvalue weighted by molar-refractivity contribution is 0.161. The quantitative estimate of drug-likeness (QED) is 0.862. The fraction of sp³-hybridized carbons (Fsp3) is 0.615. The number of anilines is 1. The van der Waals surface area contributed by atoms with Crippen LogP contribution >= 0.6 is 0 Å². The molecule has 2 heterocycles. The summed E-state index contributed by atoms with van der Waals surface area (Å²) in [7, 11) is 1.75. The summed E-state index contributed by atoms with van der Waals surface area (Å²) in [5.74, 6) is 0.622. The molecule has 0 spiro atoms. The van der Waals surface area contributed by atoms with E-state index in [9.17, 15) is 5.11 Å². The van der Waals surface area contributed by atoms with Crippen molar-refractivity contribution in [2.45, 2.75) is 19.4 Å². The Balaban J connectivity index is 1.99. The summed E-state index contributed by atoms with van der Waals surface area (Å²) in [6.45, 7) is 4.65. The number of hydrogen-bond donors (Lipinski definition) is 1. The van der Waals surface area contributed by atoms with E-state index in [2.05, 4.69) is 9.88 Å². The van der Waals surface area contributed by atoms with Crippen LogP contribution in [0.15, 0.2) is 18.3 Å². The third-order valence-electron chi connectivity index (χ3n) is 3.25. The van der Waals surface area contributed by atoms with Crippen LogP contribution < -0.4 is 4.90 Å². The van der Waals surface area contributed by atoms with Gasteiger partial charge in [-0.3, -0.25) is 4.98 Å². The Morgan fingerprint density at radius 1 is 1.59 bits per heavy atom. The Hall–Kier alpha value is -1.13. The first-order chi connectivity index (χ1) is 8.20. The molecule has 2 unspecified atom stereocenters. The molecular formula is C13H20N2O2. The molecular weight excluding hydrogens is 216 g/mol. The Kier molecular flexibility index (Phi) is 3.97. The van der Waals surface area contributed by atoms with E-state index in [0.717, 1.165) is 31.1 Å². The number of methoxy groups -OCH3 is 1. The minimum absolute atomic E-state index is 0.496. The number of nitrogens with zero attached hydrogens (tertiary/aromatic N) is 2. The van der Waals surface area contributed by atoms with Crippen LogP contribution in [0.25, 0.3) is 0 Å². The highest BCUT2D eigenvalue weighted by Crippen LogP contribution is 2.24. The Bertz CT molecular complexity index is 351. The van der Waals surface area contributed by atoms with E-state index in [1.54, 1.807) is 14.0 Å². The van der Waals surface area contributed by atoms with E-state index in [4.69, 9.17) is 4.74 Å². The molecule has 1 N–H and O–H groups in total. The molecule has 2 rings (SSSR count). The third kappa shape index (κ3) is 2.96. The van der Waals surface area contributed by atoms with E-state index in [-0.39, 0.29) is 0 Å². The molecule has 1 aromatic heterocycles. The van der Waals surface area contributed by atoms with Gasteiger partial charge in [0.2, 0.25) is 0 Å². The van der Waals surface area contributed by atoms with Crippen LogP contribution in [0.1, 0.15) is 25.1 Å². The summed E-state index contributed by atoms with van der Waals surface area (Å²) in [5, 5.41) is 9.40. The second kappa shape index (κ2) is 5.47. The summed E-state index contributed by atoms with van der Waals surface area (Å²) in [6, 6.07) is 3.92. The van der Waals surface area contributed by atoms with Gasteiger partial charge in [-0.25, -0.2) is 0 Å². The average molecular weight is 236 g/mol. The zero-order valence-electron chi connectivity index (χ0n) is 10.5. The Labute approximate surface area is 102 Å². The molecule has 0 aromatic carbocycles. The number of pyridine rings is 1. The van der Waals surface area contributed by atoms with Crippen molar-refractivity contribution in [1.82, 2.24) is 4.98 Å². The maximum absolute atomic E-state index is 9.40. The monoisotopic (exact) mass is 236 g/mol. The molecule has 1 saturated heterocycles. The molecule has 0 radical (unpaired) electrons. The SMILES string of the molecule is COCC1CCN(c2ccc(C(C)O)nc2)C1. The smallest absolute Gasteiger partial charge is 0.0931 e. The number of aliphatic hydroxyl groups is 1. The van der Waals surface area contributed by atoms with Crippen LogP contribution in [-0.4, -0.2) is 36.9 Å². The fourth-order valence-electron chi connectivity index (χ4n) is 2.27. The number of aromatic nitrogens is 1. The third-order valence-corrected chi connectivity index (χ3v) is 3.25. The van der Waals surface area contributed by atoms with Crippen molar-refractivity contribution in [3.63, 3.8) is 0 Å². The van der Waals surface area contributed by atoms with Crippen LogP contribution in [0.2, 0.25) is 0 Å². The van der Waals surface area contributed by atoms with Gasteiger partial charge in [-0.1, -0.05) is 0 Å². The van der Waals surface area contributed by atoms with Crippen molar-refractivity contribution >= 4 is 5.69 Å². The van der Waals surface area contributed by atoms with E-state index >= 15 is 0 Å². The highest BCUT2D eigenvalue weighted by molar-refractivity contribution is 5.45. The molecule has 0 bridgehead atoms. The molecule has 0 saturated carbocycles. The normalized spacial score (nSPS) is 21.8. The minimum Gasteiger partial charge on any atom is -0.387 e. The fourth-order valence-corrected chi connectivity index (χ4v) is 2.27. The summed E-state index contributed by atoms with van der Waals surface area (Å²) in [6.07, 6.45) is 2.52. The molecule has 17 heavy (non-hydrogen) atoms. The summed E-state index contributed by atoms with van der Waals surface area (Å²) in [5.41, 5.74) is 1.86. The summed E-state index contributed by atoms with van der Waals surface area (Å²) < 4.78 is 5.19. The Morgan fingerprint density at radius 2 is 2.41 bits per heavy atom. The average Bonchev–Trinajstić information content (AvgIpc) is 2.78. The van der Waals surface area contributed by atoms with Gasteiger partial charge in [0.1, 0.15) is 0 Å². The topological polar surface area (TPSA) is 45.6 Å². The van der Waals surface area contributed by atoms with Gasteiger partial charge in [0.15, 0.2) is 0 Å². The summed E-state index contributed by atoms with van der Waals surface area (Å²) in [4.78, 5) is 6.59. The second-order valence-corrected chi connectivity index (χ2v) is 4.67. The van der Waals surface area contributed by atoms with Gasteiger partial charge in [-0.15, -0.1) is 0 Å². The number of aliphatic hydroxyl groups excluding tert-OH is 1. The first-order valence-electron chi connectivity index (χ1n) is 6.08. The van der Waals surface area contributed by atoms with E-state index in [1.807, 2.05) is 18.3 Å². The molecule has 0 amide bonds. The van der Waals surface area contributed by atoms with Gasteiger partial charge < -0.3 is 14.7 Å².